The molecule has 2 aliphatic carbocycles. The van der Waals surface area contributed by atoms with E-state index in [1.165, 1.54) is 35.6 Å². The summed E-state index contributed by atoms with van der Waals surface area (Å²) in [5.41, 5.74) is 1.61. The Bertz CT molecular complexity index is 505. The number of hydrogen-bond acceptors (Lipinski definition) is 4. The monoisotopic (exact) mass is 320 g/mol. The van der Waals surface area contributed by atoms with E-state index in [1.807, 2.05) is 11.3 Å². The lowest BCUT2D eigenvalue weighted by Gasteiger charge is -2.22. The fourth-order valence-electron chi connectivity index (χ4n) is 3.57. The molecule has 4 heteroatoms. The molecule has 122 valence electrons. The quantitative estimate of drug-likeness (QED) is 0.809. The Hall–Kier alpha value is -0.420. The zero-order chi connectivity index (χ0) is 14.9. The minimum Gasteiger partial charge on any atom is -0.381 e. The highest BCUT2D eigenvalue weighted by Gasteiger charge is 2.40. The fraction of sp³-hybridized carbons (Fsp3) is 0.778. The van der Waals surface area contributed by atoms with Gasteiger partial charge in [0.05, 0.1) is 0 Å². The Labute approximate surface area is 137 Å². The van der Waals surface area contributed by atoms with E-state index in [9.17, 15) is 0 Å². The molecule has 1 aromatic heterocycles. The summed E-state index contributed by atoms with van der Waals surface area (Å²) in [5.74, 6) is 1.77. The van der Waals surface area contributed by atoms with Crippen molar-refractivity contribution in [1.82, 2.24) is 10.6 Å². The maximum Gasteiger partial charge on any atom is 0.0480 e. The van der Waals surface area contributed by atoms with Crippen molar-refractivity contribution in [3.63, 3.8) is 0 Å². The molecule has 0 aromatic carbocycles. The molecule has 3 nitrogen and oxygen atoms in total. The van der Waals surface area contributed by atoms with Crippen molar-refractivity contribution in [3.8, 4) is 0 Å². The number of nitrogens with one attached hydrogen (secondary N) is 2. The molecule has 3 aliphatic rings. The molecule has 0 bridgehead atoms. The summed E-state index contributed by atoms with van der Waals surface area (Å²) in [6.07, 6.45) is 6.56. The Morgan fingerprint density at radius 2 is 2.00 bits per heavy atom. The van der Waals surface area contributed by atoms with E-state index in [0.29, 0.717) is 6.04 Å². The lowest BCUT2D eigenvalue weighted by Crippen LogP contribution is -2.34. The van der Waals surface area contributed by atoms with Crippen LogP contribution < -0.4 is 10.6 Å². The van der Waals surface area contributed by atoms with Gasteiger partial charge in [-0.3, -0.25) is 0 Å². The summed E-state index contributed by atoms with van der Waals surface area (Å²) in [6.45, 7) is 6.42. The first-order valence-corrected chi connectivity index (χ1v) is 9.75. The summed E-state index contributed by atoms with van der Waals surface area (Å²) < 4.78 is 5.43. The highest BCUT2D eigenvalue weighted by atomic mass is 32.1. The molecule has 1 aromatic rings. The second kappa shape index (κ2) is 6.60. The molecule has 1 saturated heterocycles. The molecule has 0 spiro atoms. The van der Waals surface area contributed by atoms with Crippen molar-refractivity contribution >= 4 is 11.3 Å². The van der Waals surface area contributed by atoms with Gasteiger partial charge < -0.3 is 15.4 Å². The fourth-order valence-corrected chi connectivity index (χ4v) is 4.63. The molecule has 22 heavy (non-hydrogen) atoms. The average molecular weight is 321 g/mol. The van der Waals surface area contributed by atoms with Crippen LogP contribution in [0.25, 0.3) is 0 Å². The van der Waals surface area contributed by atoms with E-state index in [0.717, 1.165) is 50.5 Å². The van der Waals surface area contributed by atoms with Crippen molar-refractivity contribution in [2.75, 3.05) is 19.8 Å². The van der Waals surface area contributed by atoms with Crippen LogP contribution in [0, 0.1) is 12.8 Å². The largest absolute Gasteiger partial charge is 0.381 e. The summed E-state index contributed by atoms with van der Waals surface area (Å²) in [6, 6.07) is 3.87. The summed E-state index contributed by atoms with van der Waals surface area (Å²) >= 11 is 1.99. The van der Waals surface area contributed by atoms with Gasteiger partial charge in [0.2, 0.25) is 0 Å². The zero-order valence-corrected chi connectivity index (χ0v) is 14.4. The van der Waals surface area contributed by atoms with E-state index in [2.05, 4.69) is 23.6 Å². The third kappa shape index (κ3) is 3.73. The average Bonchev–Trinajstić information content (AvgIpc) is 3.44. The maximum atomic E-state index is 5.43. The molecule has 2 atom stereocenters. The summed E-state index contributed by atoms with van der Waals surface area (Å²) in [4.78, 5) is 3.04. The predicted octanol–water partition coefficient (Wildman–Crippen LogP) is 3.18. The zero-order valence-electron chi connectivity index (χ0n) is 13.6. The van der Waals surface area contributed by atoms with Crippen LogP contribution in [0.4, 0.5) is 0 Å². The van der Waals surface area contributed by atoms with Gasteiger partial charge in [-0.15, -0.1) is 11.3 Å². The van der Waals surface area contributed by atoms with Crippen LogP contribution in [-0.2, 0) is 11.3 Å². The Morgan fingerprint density at radius 3 is 2.77 bits per heavy atom. The van der Waals surface area contributed by atoms with Crippen LogP contribution in [0.15, 0.2) is 6.07 Å². The molecular weight excluding hydrogens is 292 g/mol. The second-order valence-electron chi connectivity index (χ2n) is 7.29. The van der Waals surface area contributed by atoms with Gasteiger partial charge in [-0.25, -0.2) is 0 Å². The van der Waals surface area contributed by atoms with Crippen molar-refractivity contribution in [1.29, 1.82) is 0 Å². The molecule has 3 fully saturated rings. The first-order chi connectivity index (χ1) is 10.8. The van der Waals surface area contributed by atoms with Gasteiger partial charge in [0.1, 0.15) is 0 Å². The van der Waals surface area contributed by atoms with E-state index in [1.54, 1.807) is 5.56 Å². The standard InChI is InChI=1S/C18H28N2OS/c1-12-16(17-9-18(17)20-10-13-2-3-13)8-15(22-12)11-19-14-4-6-21-7-5-14/h8,13-14,17-20H,2-7,9-11H2,1H3. The van der Waals surface area contributed by atoms with E-state index >= 15 is 0 Å². The molecule has 2 saturated carbocycles. The third-order valence-corrected chi connectivity index (χ3v) is 6.42. The molecule has 2 unspecified atom stereocenters. The molecular formula is C18H28N2OS. The number of ether oxygens (including phenoxy) is 1. The van der Waals surface area contributed by atoms with Gasteiger partial charge in [0.15, 0.2) is 0 Å². The van der Waals surface area contributed by atoms with Crippen LogP contribution in [0.5, 0.6) is 0 Å². The van der Waals surface area contributed by atoms with E-state index < -0.39 is 0 Å². The molecule has 4 rings (SSSR count). The van der Waals surface area contributed by atoms with Crippen molar-refractivity contribution in [2.24, 2.45) is 5.92 Å². The first kappa shape index (κ1) is 15.1. The second-order valence-corrected chi connectivity index (χ2v) is 8.63. The first-order valence-electron chi connectivity index (χ1n) is 8.93. The van der Waals surface area contributed by atoms with Gasteiger partial charge in [-0.2, -0.15) is 0 Å². The third-order valence-electron chi connectivity index (χ3n) is 5.35. The number of thiophene rings is 1. The Balaban J connectivity index is 1.27. The summed E-state index contributed by atoms with van der Waals surface area (Å²) in [7, 11) is 0. The normalized spacial score (nSPS) is 29.0. The Kier molecular flexibility index (Phi) is 4.54. The molecule has 0 amide bonds. The predicted molar refractivity (Wildman–Crippen MR) is 91.6 cm³/mol. The lowest BCUT2D eigenvalue weighted by atomic mass is 10.1. The Morgan fingerprint density at radius 1 is 1.18 bits per heavy atom. The van der Waals surface area contributed by atoms with Crippen molar-refractivity contribution in [2.45, 2.75) is 63.6 Å². The topological polar surface area (TPSA) is 33.3 Å². The van der Waals surface area contributed by atoms with Crippen molar-refractivity contribution in [3.05, 3.63) is 21.4 Å². The van der Waals surface area contributed by atoms with Crippen LogP contribution in [0.1, 0.15) is 53.3 Å². The minimum atomic E-state index is 0.647. The molecule has 2 N–H and O–H groups in total. The van der Waals surface area contributed by atoms with Crippen LogP contribution in [0.3, 0.4) is 0 Å². The van der Waals surface area contributed by atoms with Crippen LogP contribution >= 0.6 is 11.3 Å². The van der Waals surface area contributed by atoms with Crippen molar-refractivity contribution < 1.29 is 4.74 Å². The lowest BCUT2D eigenvalue weighted by molar-refractivity contribution is 0.0777. The smallest absolute Gasteiger partial charge is 0.0480 e. The van der Waals surface area contributed by atoms with E-state index in [-0.39, 0.29) is 0 Å². The van der Waals surface area contributed by atoms with Gasteiger partial charge in [0.25, 0.3) is 0 Å². The van der Waals surface area contributed by atoms with Crippen LogP contribution in [-0.4, -0.2) is 31.8 Å². The van der Waals surface area contributed by atoms with Crippen LogP contribution in [0.2, 0.25) is 0 Å². The number of hydrogen-bond donors (Lipinski definition) is 2. The molecule has 0 radical (unpaired) electrons. The van der Waals surface area contributed by atoms with Gasteiger partial charge in [-0.1, -0.05) is 0 Å². The highest BCUT2D eigenvalue weighted by molar-refractivity contribution is 7.12. The van der Waals surface area contributed by atoms with Gasteiger partial charge in [0, 0.05) is 47.5 Å². The maximum absolute atomic E-state index is 5.43. The number of aryl methyl sites for hydroxylation is 1. The highest BCUT2D eigenvalue weighted by Crippen LogP contribution is 2.45. The van der Waals surface area contributed by atoms with E-state index in [4.69, 9.17) is 4.74 Å². The van der Waals surface area contributed by atoms with Gasteiger partial charge >= 0.3 is 0 Å². The molecule has 2 heterocycles. The molecule has 1 aliphatic heterocycles. The SMILES string of the molecule is Cc1sc(CNC2CCOCC2)cc1C1CC1NCC1CC1. The summed E-state index contributed by atoms with van der Waals surface area (Å²) in [5, 5.41) is 7.47. The minimum absolute atomic E-state index is 0.647. The number of rotatable bonds is 7. The van der Waals surface area contributed by atoms with Gasteiger partial charge in [-0.05, 0) is 63.1 Å².